The van der Waals surface area contributed by atoms with E-state index in [4.69, 9.17) is 0 Å². The number of hydrogen-bond donors (Lipinski definition) is 1. The fourth-order valence-electron chi connectivity index (χ4n) is 2.47. The van der Waals surface area contributed by atoms with Crippen LogP contribution < -0.4 is 5.32 Å². The third-order valence-corrected chi connectivity index (χ3v) is 3.42. The van der Waals surface area contributed by atoms with Gasteiger partial charge in [-0.2, -0.15) is 0 Å². The molecule has 0 saturated heterocycles. The maximum absolute atomic E-state index is 13.1. The Morgan fingerprint density at radius 2 is 1.85 bits per heavy atom. The zero-order chi connectivity index (χ0) is 15.1. The van der Waals surface area contributed by atoms with Gasteiger partial charge in [-0.05, 0) is 25.8 Å². The fourth-order valence-corrected chi connectivity index (χ4v) is 2.47. The molecule has 0 heterocycles. The summed E-state index contributed by atoms with van der Waals surface area (Å²) in [5, 5.41) is 3.28. The van der Waals surface area contributed by atoms with Crippen molar-refractivity contribution in [2.75, 3.05) is 7.05 Å². The van der Waals surface area contributed by atoms with Crippen molar-refractivity contribution < 1.29 is 8.78 Å². The minimum absolute atomic E-state index is 0.235. The molecule has 0 unspecified atom stereocenters. The molecule has 4 heteroatoms. The molecular weight excluding hydrogens is 258 g/mol. The van der Waals surface area contributed by atoms with E-state index in [2.05, 4.69) is 23.5 Å². The molecule has 1 aliphatic carbocycles. The number of allylic oxidation sites excluding steroid dienone is 3. The fraction of sp³-hybridized carbons (Fsp3) is 0.562. The van der Waals surface area contributed by atoms with Crippen LogP contribution in [0.3, 0.4) is 0 Å². The molecular formula is C16H24F2N2. The quantitative estimate of drug-likeness (QED) is 0.571. The lowest BCUT2D eigenvalue weighted by Gasteiger charge is -2.26. The highest BCUT2D eigenvalue weighted by Gasteiger charge is 2.22. The molecule has 1 fully saturated rings. The Bertz CT molecular complexity index is 416. The summed E-state index contributed by atoms with van der Waals surface area (Å²) in [5.41, 5.74) is 1.34. The van der Waals surface area contributed by atoms with Crippen molar-refractivity contribution in [1.82, 2.24) is 5.32 Å². The summed E-state index contributed by atoms with van der Waals surface area (Å²) >= 11 is 0. The predicted octanol–water partition coefficient (Wildman–Crippen LogP) is 4.26. The van der Waals surface area contributed by atoms with Crippen molar-refractivity contribution in [3.05, 3.63) is 36.1 Å². The standard InChI is InChI=1S/C16H24F2N2/c1-11(2)10-14(15(19-4)16(17)18)12(3)20-13-8-6-5-7-9-13/h10,13,16,20H,1,3,5-9H2,2,4H3/b14-10-,19-15+. The van der Waals surface area contributed by atoms with Crippen LogP contribution in [-0.2, 0) is 0 Å². The van der Waals surface area contributed by atoms with Gasteiger partial charge >= 0.3 is 0 Å². The monoisotopic (exact) mass is 282 g/mol. The molecule has 20 heavy (non-hydrogen) atoms. The third kappa shape index (κ3) is 4.91. The van der Waals surface area contributed by atoms with Crippen LogP contribution in [0.15, 0.2) is 41.1 Å². The van der Waals surface area contributed by atoms with Crippen molar-refractivity contribution >= 4 is 5.71 Å². The maximum atomic E-state index is 13.1. The van der Waals surface area contributed by atoms with Crippen LogP contribution in [0.25, 0.3) is 0 Å². The first kappa shape index (κ1) is 16.6. The van der Waals surface area contributed by atoms with Gasteiger partial charge in [0.1, 0.15) is 5.71 Å². The van der Waals surface area contributed by atoms with Crippen LogP contribution in [0.1, 0.15) is 39.0 Å². The second kappa shape index (κ2) is 7.98. The van der Waals surface area contributed by atoms with Crippen molar-refractivity contribution in [3.8, 4) is 0 Å². The second-order valence-electron chi connectivity index (χ2n) is 5.27. The summed E-state index contributed by atoms with van der Waals surface area (Å²) in [5.74, 6) is 0. The third-order valence-electron chi connectivity index (χ3n) is 3.42. The zero-order valence-electron chi connectivity index (χ0n) is 12.4. The van der Waals surface area contributed by atoms with Gasteiger partial charge in [0, 0.05) is 24.4 Å². The normalized spacial score (nSPS) is 18.2. The Hall–Kier alpha value is -1.45. The summed E-state index contributed by atoms with van der Waals surface area (Å²) in [6.45, 7) is 9.44. The molecule has 0 aromatic rings. The first-order valence-corrected chi connectivity index (χ1v) is 7.04. The molecule has 0 aromatic heterocycles. The van der Waals surface area contributed by atoms with E-state index in [1.165, 1.54) is 26.3 Å². The lowest BCUT2D eigenvalue weighted by atomic mass is 9.94. The van der Waals surface area contributed by atoms with Crippen molar-refractivity contribution in [2.45, 2.75) is 51.5 Å². The van der Waals surface area contributed by atoms with E-state index in [0.29, 0.717) is 22.9 Å². The summed E-state index contributed by atoms with van der Waals surface area (Å²) in [7, 11) is 1.38. The summed E-state index contributed by atoms with van der Waals surface area (Å²) in [4.78, 5) is 3.71. The lowest BCUT2D eigenvalue weighted by molar-refractivity contribution is 0.226. The van der Waals surface area contributed by atoms with E-state index < -0.39 is 6.43 Å². The van der Waals surface area contributed by atoms with E-state index >= 15 is 0 Å². The first-order valence-electron chi connectivity index (χ1n) is 7.04. The Kier molecular flexibility index (Phi) is 6.62. The van der Waals surface area contributed by atoms with Crippen LogP contribution in [0.2, 0.25) is 0 Å². The Balaban J connectivity index is 2.87. The van der Waals surface area contributed by atoms with Gasteiger partial charge in [-0.15, -0.1) is 0 Å². The first-order chi connectivity index (χ1) is 9.45. The highest BCUT2D eigenvalue weighted by atomic mass is 19.3. The van der Waals surface area contributed by atoms with Crippen LogP contribution in [0.5, 0.6) is 0 Å². The van der Waals surface area contributed by atoms with E-state index in [0.717, 1.165) is 12.8 Å². The molecule has 0 bridgehead atoms. The Labute approximate surface area is 120 Å². The zero-order valence-corrected chi connectivity index (χ0v) is 12.4. The van der Waals surface area contributed by atoms with Gasteiger partial charge in [0.15, 0.2) is 0 Å². The molecule has 1 rings (SSSR count). The molecule has 112 valence electrons. The molecule has 1 aliphatic rings. The second-order valence-corrected chi connectivity index (χ2v) is 5.27. The van der Waals surface area contributed by atoms with Gasteiger partial charge in [-0.3, -0.25) is 4.99 Å². The molecule has 0 radical (unpaired) electrons. The summed E-state index contributed by atoms with van der Waals surface area (Å²) in [6, 6.07) is 0.320. The number of rotatable bonds is 6. The minimum Gasteiger partial charge on any atom is -0.382 e. The number of aliphatic imine (C=N–C) groups is 1. The highest BCUT2D eigenvalue weighted by Crippen LogP contribution is 2.21. The largest absolute Gasteiger partial charge is 0.382 e. The highest BCUT2D eigenvalue weighted by molar-refractivity contribution is 6.06. The molecule has 0 aliphatic heterocycles. The van der Waals surface area contributed by atoms with E-state index in [9.17, 15) is 8.78 Å². The Morgan fingerprint density at radius 3 is 2.30 bits per heavy atom. The number of hydrogen-bond acceptors (Lipinski definition) is 2. The SMILES string of the molecule is C=C(C)/C=C(C(=C)NC1CCCCC1)\C(=N/C)C(F)F. The smallest absolute Gasteiger partial charge is 0.280 e. The van der Waals surface area contributed by atoms with Crippen molar-refractivity contribution in [1.29, 1.82) is 0 Å². The average Bonchev–Trinajstić information content (AvgIpc) is 2.38. The number of halogens is 2. The van der Waals surface area contributed by atoms with Crippen molar-refractivity contribution in [2.24, 2.45) is 4.99 Å². The van der Waals surface area contributed by atoms with E-state index in [1.54, 1.807) is 13.0 Å². The molecule has 0 amide bonds. The van der Waals surface area contributed by atoms with Gasteiger partial charge in [0.2, 0.25) is 0 Å². The lowest BCUT2D eigenvalue weighted by Crippen LogP contribution is -2.32. The number of nitrogens with one attached hydrogen (secondary N) is 1. The minimum atomic E-state index is -2.62. The van der Waals surface area contributed by atoms with E-state index in [1.807, 2.05) is 0 Å². The van der Waals surface area contributed by atoms with Crippen LogP contribution >= 0.6 is 0 Å². The van der Waals surface area contributed by atoms with Gasteiger partial charge in [0.25, 0.3) is 6.43 Å². The average molecular weight is 282 g/mol. The summed E-state index contributed by atoms with van der Waals surface area (Å²) in [6.07, 6.45) is 4.72. The predicted molar refractivity (Wildman–Crippen MR) is 81.4 cm³/mol. The number of nitrogens with zero attached hydrogens (tertiary/aromatic N) is 1. The molecule has 2 nitrogen and oxygen atoms in total. The summed E-state index contributed by atoms with van der Waals surface area (Å²) < 4.78 is 26.1. The van der Waals surface area contributed by atoms with Gasteiger partial charge < -0.3 is 5.32 Å². The molecule has 0 atom stereocenters. The number of alkyl halides is 2. The molecule has 0 aromatic carbocycles. The van der Waals surface area contributed by atoms with Gasteiger partial charge in [-0.25, -0.2) is 8.78 Å². The molecule has 1 N–H and O–H groups in total. The topological polar surface area (TPSA) is 24.4 Å². The molecule has 0 spiro atoms. The maximum Gasteiger partial charge on any atom is 0.280 e. The van der Waals surface area contributed by atoms with Gasteiger partial charge in [-0.1, -0.05) is 38.0 Å². The Morgan fingerprint density at radius 1 is 1.25 bits per heavy atom. The van der Waals surface area contributed by atoms with Crippen molar-refractivity contribution in [3.63, 3.8) is 0 Å². The van der Waals surface area contributed by atoms with Crippen LogP contribution in [-0.4, -0.2) is 25.2 Å². The van der Waals surface area contributed by atoms with E-state index in [-0.39, 0.29) is 5.71 Å². The van der Waals surface area contributed by atoms with Gasteiger partial charge in [0.05, 0.1) is 0 Å². The van der Waals surface area contributed by atoms with Crippen LogP contribution in [0.4, 0.5) is 8.78 Å². The molecule has 1 saturated carbocycles. The van der Waals surface area contributed by atoms with Crippen LogP contribution in [0, 0.1) is 0 Å².